The summed E-state index contributed by atoms with van der Waals surface area (Å²) < 4.78 is 10.5. The lowest BCUT2D eigenvalue weighted by molar-refractivity contribution is -0.385. The van der Waals surface area contributed by atoms with Gasteiger partial charge in [0.2, 0.25) is 5.91 Å². The molecular formula is C18H19N3O6. The highest BCUT2D eigenvalue weighted by molar-refractivity contribution is 5.94. The zero-order valence-electron chi connectivity index (χ0n) is 15.1. The van der Waals surface area contributed by atoms with Crippen molar-refractivity contribution in [2.45, 2.75) is 13.8 Å². The van der Waals surface area contributed by atoms with E-state index < -0.39 is 10.8 Å². The Bertz CT molecular complexity index is 881. The smallest absolute Gasteiger partial charge is 0.311 e. The molecule has 0 heterocycles. The number of carbonyl (C=O) groups excluding carboxylic acids is 2. The molecule has 2 aromatic carbocycles. The summed E-state index contributed by atoms with van der Waals surface area (Å²) in [4.78, 5) is 33.9. The van der Waals surface area contributed by atoms with Gasteiger partial charge in [-0.3, -0.25) is 19.7 Å². The molecule has 0 radical (unpaired) electrons. The predicted octanol–water partition coefficient (Wildman–Crippen LogP) is 2.89. The van der Waals surface area contributed by atoms with Gasteiger partial charge in [0.25, 0.3) is 5.91 Å². The molecule has 9 nitrogen and oxygen atoms in total. The van der Waals surface area contributed by atoms with E-state index in [0.717, 1.165) is 0 Å². The van der Waals surface area contributed by atoms with Gasteiger partial charge in [-0.25, -0.2) is 0 Å². The van der Waals surface area contributed by atoms with Crippen LogP contribution in [0.25, 0.3) is 0 Å². The van der Waals surface area contributed by atoms with Gasteiger partial charge < -0.3 is 20.1 Å². The first-order valence-corrected chi connectivity index (χ1v) is 7.94. The Morgan fingerprint density at radius 3 is 2.44 bits per heavy atom. The van der Waals surface area contributed by atoms with E-state index in [4.69, 9.17) is 9.47 Å². The van der Waals surface area contributed by atoms with Crippen LogP contribution in [0.4, 0.5) is 17.1 Å². The Labute approximate surface area is 155 Å². The van der Waals surface area contributed by atoms with Crippen molar-refractivity contribution in [2.75, 3.05) is 24.4 Å². The highest BCUT2D eigenvalue weighted by Crippen LogP contribution is 2.32. The van der Waals surface area contributed by atoms with E-state index in [9.17, 15) is 19.7 Å². The topological polar surface area (TPSA) is 120 Å². The van der Waals surface area contributed by atoms with Crippen molar-refractivity contribution in [1.82, 2.24) is 0 Å². The molecule has 2 aromatic rings. The number of hydrogen-bond donors (Lipinski definition) is 2. The van der Waals surface area contributed by atoms with Gasteiger partial charge in [0.05, 0.1) is 17.7 Å². The molecule has 0 spiro atoms. The third-order valence-electron chi connectivity index (χ3n) is 3.55. The number of para-hydroxylation sites is 2. The summed E-state index contributed by atoms with van der Waals surface area (Å²) in [6.07, 6.45) is 0. The number of methoxy groups -OCH3 is 1. The first-order valence-electron chi connectivity index (χ1n) is 7.94. The van der Waals surface area contributed by atoms with E-state index in [1.165, 1.54) is 26.2 Å². The second-order valence-corrected chi connectivity index (χ2v) is 5.61. The summed E-state index contributed by atoms with van der Waals surface area (Å²) in [5, 5.41) is 16.3. The number of anilines is 2. The van der Waals surface area contributed by atoms with Gasteiger partial charge in [0.15, 0.2) is 12.4 Å². The monoisotopic (exact) mass is 373 g/mol. The maximum Gasteiger partial charge on any atom is 0.311 e. The van der Waals surface area contributed by atoms with Crippen molar-refractivity contribution < 1.29 is 24.0 Å². The number of rotatable bonds is 7. The summed E-state index contributed by atoms with van der Waals surface area (Å²) in [5.41, 5.74) is 1.15. The fourth-order valence-electron chi connectivity index (χ4n) is 2.33. The zero-order valence-corrected chi connectivity index (χ0v) is 15.1. The molecule has 0 saturated heterocycles. The first kappa shape index (κ1) is 19.7. The van der Waals surface area contributed by atoms with Crippen molar-refractivity contribution in [1.29, 1.82) is 0 Å². The van der Waals surface area contributed by atoms with Gasteiger partial charge in [0, 0.05) is 24.7 Å². The quantitative estimate of drug-likeness (QED) is 0.569. The second-order valence-electron chi connectivity index (χ2n) is 5.61. The normalized spacial score (nSPS) is 10.0. The zero-order chi connectivity index (χ0) is 20.0. The molecule has 0 saturated carbocycles. The second kappa shape index (κ2) is 8.65. The van der Waals surface area contributed by atoms with E-state index >= 15 is 0 Å². The summed E-state index contributed by atoms with van der Waals surface area (Å²) in [6.45, 7) is 2.69. The largest absolute Gasteiger partial charge is 0.490 e. The van der Waals surface area contributed by atoms with Crippen molar-refractivity contribution in [3.05, 3.63) is 52.1 Å². The maximum atomic E-state index is 12.2. The average Bonchev–Trinajstić information content (AvgIpc) is 2.61. The molecule has 0 aromatic heterocycles. The predicted molar refractivity (Wildman–Crippen MR) is 99.3 cm³/mol. The number of benzene rings is 2. The molecule has 142 valence electrons. The standard InChI is InChI=1S/C18H19N3O6/c1-11-8-15(21(24)25)17(26-3)9-14(11)20-18(23)10-27-16-7-5-4-6-13(16)19-12(2)22/h4-9H,10H2,1-3H3,(H,19,22)(H,20,23). The van der Waals surface area contributed by atoms with E-state index in [1.807, 2.05) is 0 Å². The molecule has 0 fully saturated rings. The van der Waals surface area contributed by atoms with Gasteiger partial charge in [-0.1, -0.05) is 12.1 Å². The molecular weight excluding hydrogens is 354 g/mol. The number of ether oxygens (including phenoxy) is 2. The summed E-state index contributed by atoms with van der Waals surface area (Å²) in [5.74, 6) is -0.339. The molecule has 2 N–H and O–H groups in total. The third-order valence-corrected chi connectivity index (χ3v) is 3.55. The number of nitrogens with one attached hydrogen (secondary N) is 2. The molecule has 2 amide bonds. The molecule has 0 aliphatic carbocycles. The Kier molecular flexibility index (Phi) is 6.32. The van der Waals surface area contributed by atoms with Crippen LogP contribution in [0.1, 0.15) is 12.5 Å². The number of nitro groups is 1. The first-order chi connectivity index (χ1) is 12.8. The minimum absolute atomic E-state index is 0.0397. The van der Waals surface area contributed by atoms with Crippen LogP contribution in [0.5, 0.6) is 11.5 Å². The molecule has 0 aliphatic heterocycles. The van der Waals surface area contributed by atoms with Crippen LogP contribution in [0.2, 0.25) is 0 Å². The van der Waals surface area contributed by atoms with Crippen molar-refractivity contribution >= 4 is 28.9 Å². The van der Waals surface area contributed by atoms with Gasteiger partial charge >= 0.3 is 5.69 Å². The van der Waals surface area contributed by atoms with E-state index in [-0.39, 0.29) is 24.0 Å². The lowest BCUT2D eigenvalue weighted by atomic mass is 10.1. The molecule has 0 unspecified atom stereocenters. The van der Waals surface area contributed by atoms with Gasteiger partial charge in [-0.15, -0.1) is 0 Å². The van der Waals surface area contributed by atoms with E-state index in [0.29, 0.717) is 22.7 Å². The molecule has 0 atom stereocenters. The molecule has 27 heavy (non-hydrogen) atoms. The number of nitrogens with zero attached hydrogens (tertiary/aromatic N) is 1. The van der Waals surface area contributed by atoms with Crippen LogP contribution in [0.3, 0.4) is 0 Å². The van der Waals surface area contributed by atoms with Crippen LogP contribution >= 0.6 is 0 Å². The number of hydrogen-bond acceptors (Lipinski definition) is 6. The number of carbonyl (C=O) groups is 2. The molecule has 9 heteroatoms. The number of aryl methyl sites for hydroxylation is 1. The lowest BCUT2D eigenvalue weighted by Gasteiger charge is -2.13. The number of nitro benzene ring substituents is 1. The van der Waals surface area contributed by atoms with Gasteiger partial charge in [0.1, 0.15) is 5.75 Å². The summed E-state index contributed by atoms with van der Waals surface area (Å²) in [7, 11) is 1.31. The lowest BCUT2D eigenvalue weighted by Crippen LogP contribution is -2.21. The molecule has 2 rings (SSSR count). The highest BCUT2D eigenvalue weighted by Gasteiger charge is 2.18. The van der Waals surface area contributed by atoms with Crippen LogP contribution in [-0.4, -0.2) is 30.5 Å². The van der Waals surface area contributed by atoms with Crippen molar-refractivity contribution in [3.63, 3.8) is 0 Å². The third kappa shape index (κ3) is 5.18. The van der Waals surface area contributed by atoms with Crippen molar-refractivity contribution in [3.8, 4) is 11.5 Å². The van der Waals surface area contributed by atoms with E-state index in [1.54, 1.807) is 31.2 Å². The molecule has 0 aliphatic rings. The van der Waals surface area contributed by atoms with Crippen LogP contribution in [-0.2, 0) is 9.59 Å². The number of amides is 2. The summed E-state index contributed by atoms with van der Waals surface area (Å²) in [6, 6.07) is 9.42. The minimum atomic E-state index is -0.556. The Morgan fingerprint density at radius 2 is 1.81 bits per heavy atom. The maximum absolute atomic E-state index is 12.2. The van der Waals surface area contributed by atoms with Crippen molar-refractivity contribution in [2.24, 2.45) is 0 Å². The fourth-order valence-corrected chi connectivity index (χ4v) is 2.33. The Morgan fingerprint density at radius 1 is 1.11 bits per heavy atom. The summed E-state index contributed by atoms with van der Waals surface area (Å²) >= 11 is 0. The Balaban J connectivity index is 2.09. The van der Waals surface area contributed by atoms with Crippen LogP contribution in [0, 0.1) is 17.0 Å². The SMILES string of the molecule is COc1cc(NC(=O)COc2ccccc2NC(C)=O)c(C)cc1[N+](=O)[O-]. The minimum Gasteiger partial charge on any atom is -0.490 e. The van der Waals surface area contributed by atoms with Crippen LogP contribution in [0.15, 0.2) is 36.4 Å². The fraction of sp³-hybridized carbons (Fsp3) is 0.222. The van der Waals surface area contributed by atoms with Gasteiger partial charge in [-0.2, -0.15) is 0 Å². The Hall–Kier alpha value is -3.62. The average molecular weight is 373 g/mol. The van der Waals surface area contributed by atoms with Gasteiger partial charge in [-0.05, 0) is 24.6 Å². The molecule has 0 bridgehead atoms. The highest BCUT2D eigenvalue weighted by atomic mass is 16.6. The van der Waals surface area contributed by atoms with Crippen LogP contribution < -0.4 is 20.1 Å². The van der Waals surface area contributed by atoms with E-state index in [2.05, 4.69) is 10.6 Å².